The van der Waals surface area contributed by atoms with Crippen molar-refractivity contribution >= 4 is 35.0 Å². The molecule has 0 radical (unpaired) electrons. The fraction of sp³-hybridized carbons (Fsp3) is 0.0556. The summed E-state index contributed by atoms with van der Waals surface area (Å²) in [4.78, 5) is 24.1. The van der Waals surface area contributed by atoms with Crippen LogP contribution in [0.3, 0.4) is 0 Å². The third-order valence-corrected chi connectivity index (χ3v) is 4.07. The van der Waals surface area contributed by atoms with Gasteiger partial charge in [-0.05, 0) is 35.9 Å². The molecule has 0 spiro atoms. The Morgan fingerprint density at radius 2 is 1.81 bits per heavy atom. The molecule has 0 atom stereocenters. The van der Waals surface area contributed by atoms with Gasteiger partial charge in [0.15, 0.2) is 0 Å². The number of nitrogens with one attached hydrogen (secondary N) is 2. The molecular formula is C18H14Cl2N4O2. The Kier molecular flexibility index (Phi) is 5.55. The lowest BCUT2D eigenvalue weighted by Crippen LogP contribution is -2.42. The van der Waals surface area contributed by atoms with Crippen LogP contribution in [0.1, 0.15) is 15.9 Å². The molecule has 8 heteroatoms. The van der Waals surface area contributed by atoms with E-state index in [0.717, 1.165) is 5.69 Å². The Labute approximate surface area is 159 Å². The first-order valence-corrected chi connectivity index (χ1v) is 8.42. The topological polar surface area (TPSA) is 76.0 Å². The van der Waals surface area contributed by atoms with Crippen LogP contribution >= 0.6 is 23.2 Å². The first-order valence-electron chi connectivity index (χ1n) is 7.66. The maximum atomic E-state index is 12.1. The molecule has 0 aliphatic heterocycles. The Hall–Kier alpha value is -2.83. The molecule has 0 saturated heterocycles. The van der Waals surface area contributed by atoms with Crippen LogP contribution in [0.2, 0.25) is 10.0 Å². The number of rotatable bonds is 4. The van der Waals surface area contributed by atoms with Gasteiger partial charge in [-0.25, -0.2) is 4.68 Å². The zero-order valence-corrected chi connectivity index (χ0v) is 15.0. The fourth-order valence-electron chi connectivity index (χ4n) is 2.27. The zero-order valence-electron chi connectivity index (χ0n) is 13.4. The zero-order chi connectivity index (χ0) is 18.5. The predicted octanol–water partition coefficient (Wildman–Crippen LogP) is 3.18. The first-order chi connectivity index (χ1) is 12.5. The van der Waals surface area contributed by atoms with Gasteiger partial charge in [-0.3, -0.25) is 20.4 Å². The summed E-state index contributed by atoms with van der Waals surface area (Å²) in [6, 6.07) is 14.0. The number of carbonyl (C=O) groups excluding carboxylic acids is 2. The van der Waals surface area contributed by atoms with Gasteiger partial charge in [-0.15, -0.1) is 0 Å². The van der Waals surface area contributed by atoms with Gasteiger partial charge >= 0.3 is 0 Å². The number of para-hydroxylation sites is 1. The van der Waals surface area contributed by atoms with Crippen molar-refractivity contribution in [3.8, 4) is 5.69 Å². The maximum Gasteiger partial charge on any atom is 0.271 e. The standard InChI is InChI=1S/C18H14Cl2N4O2/c19-13-6-7-16(20)15(9-13)18(26)23-22-17(25)8-12-10-21-24(11-12)14-4-2-1-3-5-14/h1-7,9-11H,8H2,(H,22,25)(H,23,26). The van der Waals surface area contributed by atoms with Crippen LogP contribution in [0.5, 0.6) is 0 Å². The van der Waals surface area contributed by atoms with Crippen LogP contribution in [0, 0.1) is 0 Å². The average Bonchev–Trinajstić information content (AvgIpc) is 3.11. The summed E-state index contributed by atoms with van der Waals surface area (Å²) in [6.07, 6.45) is 3.42. The molecule has 0 aliphatic carbocycles. The molecule has 3 rings (SSSR count). The van der Waals surface area contributed by atoms with E-state index in [1.54, 1.807) is 23.1 Å². The maximum absolute atomic E-state index is 12.1. The highest BCUT2D eigenvalue weighted by Crippen LogP contribution is 2.20. The summed E-state index contributed by atoms with van der Waals surface area (Å²) >= 11 is 11.8. The number of hydrogen-bond acceptors (Lipinski definition) is 3. The Morgan fingerprint density at radius 3 is 2.58 bits per heavy atom. The monoisotopic (exact) mass is 388 g/mol. The summed E-state index contributed by atoms with van der Waals surface area (Å²) in [5.74, 6) is -0.935. The third-order valence-electron chi connectivity index (χ3n) is 3.51. The van der Waals surface area contributed by atoms with Crippen molar-refractivity contribution < 1.29 is 9.59 Å². The van der Waals surface area contributed by atoms with Crippen molar-refractivity contribution in [1.29, 1.82) is 0 Å². The van der Waals surface area contributed by atoms with E-state index in [1.165, 1.54) is 12.1 Å². The molecule has 0 saturated carbocycles. The minimum absolute atomic E-state index is 0.0659. The SMILES string of the molecule is O=C(Cc1cnn(-c2ccccc2)c1)NNC(=O)c1cc(Cl)ccc1Cl. The van der Waals surface area contributed by atoms with E-state index in [4.69, 9.17) is 23.2 Å². The summed E-state index contributed by atoms with van der Waals surface area (Å²) in [7, 11) is 0. The van der Waals surface area contributed by atoms with Gasteiger partial charge in [0.2, 0.25) is 5.91 Å². The van der Waals surface area contributed by atoms with Crippen LogP contribution in [0.4, 0.5) is 0 Å². The molecule has 6 nitrogen and oxygen atoms in total. The van der Waals surface area contributed by atoms with Gasteiger partial charge < -0.3 is 0 Å². The van der Waals surface area contributed by atoms with Crippen LogP contribution in [-0.4, -0.2) is 21.6 Å². The van der Waals surface area contributed by atoms with Crippen molar-refractivity contribution in [3.05, 3.63) is 82.1 Å². The Morgan fingerprint density at radius 1 is 1.04 bits per heavy atom. The molecule has 132 valence electrons. The fourth-order valence-corrected chi connectivity index (χ4v) is 2.64. The van der Waals surface area contributed by atoms with Gasteiger partial charge in [0.1, 0.15) is 0 Å². The molecule has 0 aliphatic rings. The molecule has 0 bridgehead atoms. The number of nitrogens with zero attached hydrogens (tertiary/aromatic N) is 2. The molecule has 2 amide bonds. The smallest absolute Gasteiger partial charge is 0.271 e. The van der Waals surface area contributed by atoms with Crippen molar-refractivity contribution in [1.82, 2.24) is 20.6 Å². The second-order valence-corrected chi connectivity index (χ2v) is 6.28. The second-order valence-electron chi connectivity index (χ2n) is 5.43. The summed E-state index contributed by atoms with van der Waals surface area (Å²) in [6.45, 7) is 0. The number of carbonyl (C=O) groups is 2. The lowest BCUT2D eigenvalue weighted by atomic mass is 10.2. The third kappa shape index (κ3) is 4.41. The van der Waals surface area contributed by atoms with Crippen LogP contribution in [-0.2, 0) is 11.2 Å². The van der Waals surface area contributed by atoms with Crippen molar-refractivity contribution in [2.75, 3.05) is 0 Å². The minimum Gasteiger partial charge on any atom is -0.273 e. The van der Waals surface area contributed by atoms with E-state index in [1.807, 2.05) is 30.3 Å². The lowest BCUT2D eigenvalue weighted by molar-refractivity contribution is -0.121. The predicted molar refractivity (Wildman–Crippen MR) is 99.3 cm³/mol. The van der Waals surface area contributed by atoms with Crippen LogP contribution in [0.15, 0.2) is 60.9 Å². The van der Waals surface area contributed by atoms with E-state index < -0.39 is 5.91 Å². The summed E-state index contributed by atoms with van der Waals surface area (Å²) < 4.78 is 1.67. The van der Waals surface area contributed by atoms with Gasteiger partial charge in [0, 0.05) is 11.2 Å². The number of amides is 2. The van der Waals surface area contributed by atoms with Crippen molar-refractivity contribution in [2.24, 2.45) is 0 Å². The molecule has 2 N–H and O–H groups in total. The van der Waals surface area contributed by atoms with E-state index in [0.29, 0.717) is 10.6 Å². The molecule has 26 heavy (non-hydrogen) atoms. The molecule has 2 aromatic carbocycles. The largest absolute Gasteiger partial charge is 0.273 e. The molecule has 3 aromatic rings. The molecular weight excluding hydrogens is 375 g/mol. The molecule has 1 heterocycles. The van der Waals surface area contributed by atoms with E-state index in [2.05, 4.69) is 16.0 Å². The van der Waals surface area contributed by atoms with Crippen LogP contribution in [0.25, 0.3) is 5.69 Å². The van der Waals surface area contributed by atoms with Gasteiger partial charge in [0.05, 0.1) is 28.9 Å². The molecule has 0 fully saturated rings. The quantitative estimate of drug-likeness (QED) is 0.673. The highest BCUT2D eigenvalue weighted by Gasteiger charge is 2.13. The lowest BCUT2D eigenvalue weighted by Gasteiger charge is -2.08. The van der Waals surface area contributed by atoms with E-state index in [9.17, 15) is 9.59 Å². The van der Waals surface area contributed by atoms with Gasteiger partial charge in [-0.1, -0.05) is 41.4 Å². The number of halogens is 2. The van der Waals surface area contributed by atoms with Crippen molar-refractivity contribution in [3.63, 3.8) is 0 Å². The number of hydrazine groups is 1. The highest BCUT2D eigenvalue weighted by atomic mass is 35.5. The minimum atomic E-state index is -0.550. The van der Waals surface area contributed by atoms with E-state index >= 15 is 0 Å². The summed E-state index contributed by atoms with van der Waals surface area (Å²) in [5.41, 5.74) is 6.44. The molecule has 1 aromatic heterocycles. The van der Waals surface area contributed by atoms with E-state index in [-0.39, 0.29) is 22.9 Å². The van der Waals surface area contributed by atoms with Gasteiger partial charge in [-0.2, -0.15) is 5.10 Å². The number of hydrogen-bond donors (Lipinski definition) is 2. The first kappa shape index (κ1) is 18.0. The van der Waals surface area contributed by atoms with Gasteiger partial charge in [0.25, 0.3) is 5.91 Å². The Balaban J connectivity index is 1.57. The normalized spacial score (nSPS) is 10.4. The number of aromatic nitrogens is 2. The van der Waals surface area contributed by atoms with Crippen molar-refractivity contribution in [2.45, 2.75) is 6.42 Å². The Bertz CT molecular complexity index is 941. The second kappa shape index (κ2) is 8.03. The average molecular weight is 389 g/mol. The number of benzene rings is 2. The summed E-state index contributed by atoms with van der Waals surface area (Å²) in [5, 5.41) is 4.84. The molecule has 0 unspecified atom stereocenters. The van der Waals surface area contributed by atoms with Crippen LogP contribution < -0.4 is 10.9 Å². The highest BCUT2D eigenvalue weighted by molar-refractivity contribution is 6.35.